The normalized spacial score (nSPS) is 26.6. The number of unbranched alkanes of at least 4 members (excludes halogenated alkanes) is 1. The molecule has 2 aromatic rings. The summed E-state index contributed by atoms with van der Waals surface area (Å²) in [5.74, 6) is -0.496. The molecule has 3 unspecified atom stereocenters. The summed E-state index contributed by atoms with van der Waals surface area (Å²) in [6, 6.07) is 16.1. The van der Waals surface area contributed by atoms with Crippen LogP contribution >= 0.6 is 0 Å². The monoisotopic (exact) mass is 398 g/mol. The third kappa shape index (κ3) is 2.59. The van der Waals surface area contributed by atoms with E-state index in [1.54, 1.807) is 0 Å². The number of rotatable bonds is 4. The smallest absolute Gasteiger partial charge is 0.179 e. The topological polar surface area (TPSA) is 49.4 Å². The van der Waals surface area contributed by atoms with E-state index in [0.29, 0.717) is 0 Å². The number of nitrogens with zero attached hydrogens (tertiary/aromatic N) is 1. The standard InChI is InChI=1S/C26H26N2O2/c1-3-4-15-28-16-20-19-7-5-6-8-21(19)27-26(20,18-11-9-17(2)10-12-18)24-22(29)13-14-23(30)25(24)28/h5-14,16,24-25,27H,3-4,15H2,1-2H3. The molecule has 0 fully saturated rings. The van der Waals surface area contributed by atoms with Gasteiger partial charge in [-0.15, -0.1) is 0 Å². The van der Waals surface area contributed by atoms with Crippen molar-refractivity contribution in [1.29, 1.82) is 0 Å². The molecule has 4 heteroatoms. The van der Waals surface area contributed by atoms with Gasteiger partial charge in [0.1, 0.15) is 11.6 Å². The van der Waals surface area contributed by atoms with Crippen LogP contribution in [-0.2, 0) is 15.1 Å². The Balaban J connectivity index is 1.78. The molecular weight excluding hydrogens is 372 g/mol. The largest absolute Gasteiger partial charge is 0.370 e. The van der Waals surface area contributed by atoms with Crippen LogP contribution in [0, 0.1) is 12.8 Å². The number of hydrogen-bond donors (Lipinski definition) is 1. The Hall–Kier alpha value is -3.14. The van der Waals surface area contributed by atoms with Crippen molar-refractivity contribution in [3.63, 3.8) is 0 Å². The summed E-state index contributed by atoms with van der Waals surface area (Å²) in [5, 5.41) is 3.71. The van der Waals surface area contributed by atoms with E-state index in [1.165, 1.54) is 17.7 Å². The maximum atomic E-state index is 13.4. The van der Waals surface area contributed by atoms with Crippen molar-refractivity contribution < 1.29 is 9.59 Å². The van der Waals surface area contributed by atoms with Gasteiger partial charge in [-0.25, -0.2) is 0 Å². The highest BCUT2D eigenvalue weighted by atomic mass is 16.1. The molecule has 1 aliphatic carbocycles. The Morgan fingerprint density at radius 2 is 1.73 bits per heavy atom. The van der Waals surface area contributed by atoms with Crippen LogP contribution in [0.2, 0.25) is 0 Å². The van der Waals surface area contributed by atoms with E-state index in [4.69, 9.17) is 0 Å². The van der Waals surface area contributed by atoms with Crippen LogP contribution < -0.4 is 5.32 Å². The SMILES string of the molecule is CCCCN1C=C2c3ccccc3NC2(c2ccc(C)cc2)C2C(=O)C=CC(=O)C21. The fourth-order valence-electron chi connectivity index (χ4n) is 5.24. The minimum atomic E-state index is -0.748. The molecule has 2 heterocycles. The average molecular weight is 399 g/mol. The molecule has 0 amide bonds. The number of benzene rings is 2. The molecule has 30 heavy (non-hydrogen) atoms. The van der Waals surface area contributed by atoms with Gasteiger partial charge in [-0.1, -0.05) is 61.4 Å². The molecule has 0 aromatic heterocycles. The molecule has 0 radical (unpaired) electrons. The highest BCUT2D eigenvalue weighted by Gasteiger charge is 2.59. The molecule has 1 N–H and O–H groups in total. The molecule has 152 valence electrons. The van der Waals surface area contributed by atoms with E-state index in [0.717, 1.165) is 41.8 Å². The van der Waals surface area contributed by atoms with Gasteiger partial charge in [-0.3, -0.25) is 9.59 Å². The zero-order valence-electron chi connectivity index (χ0n) is 17.4. The number of hydrogen-bond acceptors (Lipinski definition) is 4. The summed E-state index contributed by atoms with van der Waals surface area (Å²) in [7, 11) is 0. The van der Waals surface area contributed by atoms with Crippen LogP contribution in [0.1, 0.15) is 36.5 Å². The molecular formula is C26H26N2O2. The maximum absolute atomic E-state index is 13.4. The zero-order chi connectivity index (χ0) is 20.9. The molecule has 2 aliphatic heterocycles. The van der Waals surface area contributed by atoms with Crippen molar-refractivity contribution in [3.05, 3.63) is 83.6 Å². The Morgan fingerprint density at radius 1 is 1.00 bits per heavy atom. The molecule has 2 aromatic carbocycles. The van der Waals surface area contributed by atoms with Crippen molar-refractivity contribution in [2.75, 3.05) is 11.9 Å². The number of carbonyl (C=O) groups excluding carboxylic acids is 2. The zero-order valence-corrected chi connectivity index (χ0v) is 17.4. The second-order valence-corrected chi connectivity index (χ2v) is 8.54. The van der Waals surface area contributed by atoms with Crippen LogP contribution in [0.3, 0.4) is 0 Å². The first-order valence-electron chi connectivity index (χ1n) is 10.7. The number of aryl methyl sites for hydroxylation is 1. The van der Waals surface area contributed by atoms with E-state index in [-0.39, 0.29) is 11.6 Å². The van der Waals surface area contributed by atoms with E-state index in [9.17, 15) is 9.59 Å². The van der Waals surface area contributed by atoms with Gasteiger partial charge >= 0.3 is 0 Å². The lowest BCUT2D eigenvalue weighted by Crippen LogP contribution is -2.61. The van der Waals surface area contributed by atoms with Gasteiger partial charge in [-0.2, -0.15) is 0 Å². The van der Waals surface area contributed by atoms with Gasteiger partial charge in [0.2, 0.25) is 0 Å². The van der Waals surface area contributed by atoms with Gasteiger partial charge in [-0.05, 0) is 37.1 Å². The number of allylic oxidation sites excluding steroid dienone is 1. The number of anilines is 1. The molecule has 5 rings (SSSR count). The number of carbonyl (C=O) groups is 2. The molecule has 0 bridgehead atoms. The van der Waals surface area contributed by atoms with E-state index in [2.05, 4.69) is 66.7 Å². The fraction of sp³-hybridized carbons (Fsp3) is 0.308. The Morgan fingerprint density at radius 3 is 2.50 bits per heavy atom. The van der Waals surface area contributed by atoms with Gasteiger partial charge in [0, 0.05) is 29.6 Å². The lowest BCUT2D eigenvalue weighted by molar-refractivity contribution is -0.131. The van der Waals surface area contributed by atoms with Crippen LogP contribution in [0.25, 0.3) is 5.57 Å². The van der Waals surface area contributed by atoms with Gasteiger partial charge in [0.05, 0.1) is 5.92 Å². The summed E-state index contributed by atoms with van der Waals surface area (Å²) in [5.41, 5.74) is 4.64. The third-order valence-corrected chi connectivity index (χ3v) is 6.70. The average Bonchev–Trinajstić information content (AvgIpc) is 3.09. The first-order chi connectivity index (χ1) is 14.6. The maximum Gasteiger partial charge on any atom is 0.179 e. The van der Waals surface area contributed by atoms with Gasteiger partial charge in [0.15, 0.2) is 11.6 Å². The van der Waals surface area contributed by atoms with Gasteiger partial charge < -0.3 is 10.2 Å². The predicted octanol–water partition coefficient (Wildman–Crippen LogP) is 4.47. The second-order valence-electron chi connectivity index (χ2n) is 8.54. The summed E-state index contributed by atoms with van der Waals surface area (Å²) < 4.78 is 0. The van der Waals surface area contributed by atoms with Crippen molar-refractivity contribution in [1.82, 2.24) is 4.90 Å². The lowest BCUT2D eigenvalue weighted by atomic mass is 9.64. The molecule has 0 spiro atoms. The minimum absolute atomic E-state index is 0.00702. The van der Waals surface area contributed by atoms with Crippen LogP contribution in [0.15, 0.2) is 66.9 Å². The lowest BCUT2D eigenvalue weighted by Gasteiger charge is -2.50. The second kappa shape index (κ2) is 6.98. The summed E-state index contributed by atoms with van der Waals surface area (Å²) in [6.45, 7) is 4.97. The summed E-state index contributed by atoms with van der Waals surface area (Å²) in [6.07, 6.45) is 7.09. The highest BCUT2D eigenvalue weighted by molar-refractivity contribution is 6.12. The predicted molar refractivity (Wildman–Crippen MR) is 119 cm³/mol. The first-order valence-corrected chi connectivity index (χ1v) is 10.7. The van der Waals surface area contributed by atoms with Crippen molar-refractivity contribution in [2.45, 2.75) is 38.3 Å². The minimum Gasteiger partial charge on any atom is -0.370 e. The Labute approximate surface area is 177 Å². The van der Waals surface area contributed by atoms with Crippen molar-refractivity contribution in [2.24, 2.45) is 5.92 Å². The van der Waals surface area contributed by atoms with Crippen LogP contribution in [0.4, 0.5) is 5.69 Å². The molecule has 3 aliphatic rings. The van der Waals surface area contributed by atoms with Gasteiger partial charge in [0.25, 0.3) is 0 Å². The number of nitrogens with one attached hydrogen (secondary N) is 1. The van der Waals surface area contributed by atoms with Crippen molar-refractivity contribution in [3.8, 4) is 0 Å². The number of para-hydroxylation sites is 1. The quantitative estimate of drug-likeness (QED) is 0.826. The highest BCUT2D eigenvalue weighted by Crippen LogP contribution is 2.56. The van der Waals surface area contributed by atoms with Crippen LogP contribution in [-0.4, -0.2) is 29.1 Å². The summed E-state index contributed by atoms with van der Waals surface area (Å²) in [4.78, 5) is 28.6. The Bertz CT molecular complexity index is 1080. The molecule has 4 nitrogen and oxygen atoms in total. The number of ketones is 2. The third-order valence-electron chi connectivity index (χ3n) is 6.70. The molecule has 3 atom stereocenters. The summed E-state index contributed by atoms with van der Waals surface area (Å²) >= 11 is 0. The molecule has 0 saturated heterocycles. The first kappa shape index (κ1) is 18.9. The number of fused-ring (bicyclic) bond motifs is 5. The molecule has 0 saturated carbocycles. The van der Waals surface area contributed by atoms with E-state index >= 15 is 0 Å². The van der Waals surface area contributed by atoms with Crippen LogP contribution in [0.5, 0.6) is 0 Å². The Kier molecular flexibility index (Phi) is 4.39. The van der Waals surface area contributed by atoms with E-state index in [1.807, 2.05) is 12.1 Å². The fourth-order valence-corrected chi connectivity index (χ4v) is 5.24. The van der Waals surface area contributed by atoms with E-state index < -0.39 is 17.5 Å². The van der Waals surface area contributed by atoms with Crippen molar-refractivity contribution >= 4 is 22.8 Å².